The largest absolute Gasteiger partial charge is 0.268 e. The second-order valence-electron chi connectivity index (χ2n) is 15.0. The highest BCUT2D eigenvalue weighted by Crippen LogP contribution is 2.43. The van der Waals surface area contributed by atoms with Gasteiger partial charge in [-0.1, -0.05) is 86.6 Å². The van der Waals surface area contributed by atoms with Gasteiger partial charge in [0.05, 0.1) is 11.4 Å². The third-order valence-electron chi connectivity index (χ3n) is 8.80. The number of nitrogens with zero attached hydrogens (tertiary/aromatic N) is 2. The number of hydrogen-bond donors (Lipinski definition) is 0. The summed E-state index contributed by atoms with van der Waals surface area (Å²) in [6, 6.07) is 19.9. The first-order valence-electron chi connectivity index (χ1n) is 15.0. The molecule has 0 saturated carbocycles. The molecule has 6 nitrogen and oxygen atoms in total. The molecule has 224 valence electrons. The molecule has 2 aliphatic heterocycles. The molecule has 4 amide bonds. The van der Waals surface area contributed by atoms with Gasteiger partial charge in [-0.15, -0.1) is 0 Å². The van der Waals surface area contributed by atoms with Gasteiger partial charge in [0.1, 0.15) is 0 Å². The van der Waals surface area contributed by atoms with E-state index < -0.39 is 23.6 Å². The van der Waals surface area contributed by atoms with Crippen molar-refractivity contribution in [1.29, 1.82) is 0 Å². The summed E-state index contributed by atoms with van der Waals surface area (Å²) in [6.45, 7) is 18.8. The summed E-state index contributed by atoms with van der Waals surface area (Å²) in [5.41, 5.74) is 4.53. The number of amides is 4. The summed E-state index contributed by atoms with van der Waals surface area (Å²) in [4.78, 5) is 58.8. The Hall–Kier alpha value is -4.58. The molecule has 6 heteroatoms. The van der Waals surface area contributed by atoms with E-state index in [-0.39, 0.29) is 16.2 Å². The van der Waals surface area contributed by atoms with Gasteiger partial charge in [0.2, 0.25) is 0 Å². The van der Waals surface area contributed by atoms with E-state index in [1.165, 1.54) is 9.80 Å². The minimum atomic E-state index is -0.482. The van der Waals surface area contributed by atoms with Crippen LogP contribution in [0.1, 0.15) is 120 Å². The van der Waals surface area contributed by atoms with Crippen molar-refractivity contribution in [2.45, 2.75) is 78.6 Å². The third kappa shape index (κ3) is 4.38. The lowest BCUT2D eigenvalue weighted by atomic mass is 9.80. The average Bonchev–Trinajstić information content (AvgIpc) is 2.93. The number of carbonyl (C=O) groups is 4. The highest BCUT2D eigenvalue weighted by Gasteiger charge is 2.42. The minimum Gasteiger partial charge on any atom is -0.268 e. The minimum absolute atomic E-state index is 0.0815. The zero-order chi connectivity index (χ0) is 32.1. The predicted octanol–water partition coefficient (Wildman–Crippen LogP) is 8.33. The predicted molar refractivity (Wildman–Crippen MR) is 175 cm³/mol. The number of carbonyl (C=O) groups excluding carboxylic acids is 4. The number of rotatable bonds is 2. The fourth-order valence-corrected chi connectivity index (χ4v) is 6.26. The Morgan fingerprint density at radius 3 is 1.20 bits per heavy atom. The van der Waals surface area contributed by atoms with Gasteiger partial charge in [0, 0.05) is 33.0 Å². The van der Waals surface area contributed by atoms with Gasteiger partial charge in [-0.05, 0) is 75.4 Å². The Kier molecular flexibility index (Phi) is 6.34. The van der Waals surface area contributed by atoms with Gasteiger partial charge in [-0.2, -0.15) is 0 Å². The fourth-order valence-electron chi connectivity index (χ4n) is 6.26. The van der Waals surface area contributed by atoms with Crippen LogP contribution < -0.4 is 9.80 Å². The first-order chi connectivity index (χ1) is 20.4. The van der Waals surface area contributed by atoms with Crippen LogP contribution in [-0.4, -0.2) is 23.6 Å². The molecule has 0 aromatic heterocycles. The van der Waals surface area contributed by atoms with E-state index in [1.54, 1.807) is 36.4 Å². The van der Waals surface area contributed by atoms with Crippen molar-refractivity contribution in [3.63, 3.8) is 0 Å². The number of imide groups is 2. The van der Waals surface area contributed by atoms with E-state index in [0.29, 0.717) is 44.4 Å². The van der Waals surface area contributed by atoms with E-state index in [0.717, 1.165) is 16.7 Å². The summed E-state index contributed by atoms with van der Waals surface area (Å²) in [5.74, 6) is -1.90. The molecule has 0 fully saturated rings. The van der Waals surface area contributed by atoms with E-state index in [1.807, 2.05) is 24.3 Å². The van der Waals surface area contributed by atoms with Crippen LogP contribution in [-0.2, 0) is 16.2 Å². The van der Waals surface area contributed by atoms with Gasteiger partial charge >= 0.3 is 0 Å². The van der Waals surface area contributed by atoms with Gasteiger partial charge < -0.3 is 0 Å². The van der Waals surface area contributed by atoms with Crippen molar-refractivity contribution in [2.24, 2.45) is 0 Å². The van der Waals surface area contributed by atoms with E-state index in [2.05, 4.69) is 68.4 Å². The van der Waals surface area contributed by atoms with Crippen molar-refractivity contribution in [3.05, 3.63) is 106 Å². The highest BCUT2D eigenvalue weighted by atomic mass is 16.2. The molecular formula is C38H38N2O4. The van der Waals surface area contributed by atoms with E-state index >= 15 is 0 Å². The Morgan fingerprint density at radius 1 is 0.432 bits per heavy atom. The first kappa shape index (κ1) is 29.5. The molecule has 2 heterocycles. The van der Waals surface area contributed by atoms with Crippen molar-refractivity contribution in [2.75, 3.05) is 9.80 Å². The molecule has 0 unspecified atom stereocenters. The molecule has 6 rings (SSSR count). The molecule has 0 N–H and O–H groups in total. The summed E-state index contributed by atoms with van der Waals surface area (Å²) in [7, 11) is 0. The van der Waals surface area contributed by atoms with Crippen LogP contribution in [0.2, 0.25) is 0 Å². The van der Waals surface area contributed by atoms with Gasteiger partial charge in [0.15, 0.2) is 0 Å². The number of hydrogen-bond acceptors (Lipinski definition) is 4. The molecule has 0 bridgehead atoms. The third-order valence-corrected chi connectivity index (χ3v) is 8.80. The Balaban J connectivity index is 1.51. The summed E-state index contributed by atoms with van der Waals surface area (Å²) in [5, 5.41) is 0.721. The molecule has 0 atom stereocenters. The lowest BCUT2D eigenvalue weighted by molar-refractivity contribution is 0.0872. The Labute approximate surface area is 258 Å². The maximum atomic E-state index is 14.3. The van der Waals surface area contributed by atoms with Crippen molar-refractivity contribution >= 4 is 45.8 Å². The van der Waals surface area contributed by atoms with E-state index in [4.69, 9.17) is 0 Å². The van der Waals surface area contributed by atoms with Gasteiger partial charge in [0.25, 0.3) is 23.6 Å². The van der Waals surface area contributed by atoms with Crippen molar-refractivity contribution in [3.8, 4) is 0 Å². The van der Waals surface area contributed by atoms with Gasteiger partial charge in [-0.3, -0.25) is 19.2 Å². The second kappa shape index (κ2) is 9.46. The highest BCUT2D eigenvalue weighted by molar-refractivity contribution is 6.42. The zero-order valence-electron chi connectivity index (χ0n) is 26.9. The smallest absolute Gasteiger partial charge is 0.265 e. The van der Waals surface area contributed by atoms with Crippen molar-refractivity contribution in [1.82, 2.24) is 0 Å². The lowest BCUT2D eigenvalue weighted by Crippen LogP contribution is -2.44. The topological polar surface area (TPSA) is 74.8 Å². The standard InChI is InChI=1S/C38H38N2O4/c1-36(2,3)21-10-13-23(14-11-21)39-32(41)24-15-17-26-31-27(18-16-25(30(24)31)33(39)42)35(44)40(34(26)43)29-20-22(37(4,5)6)12-19-28(29)38(7,8)9/h10-20H,1-9H3. The molecule has 2 aliphatic rings. The maximum Gasteiger partial charge on any atom is 0.265 e. The van der Waals surface area contributed by atoms with Crippen LogP contribution in [0.5, 0.6) is 0 Å². The monoisotopic (exact) mass is 586 g/mol. The summed E-state index contributed by atoms with van der Waals surface area (Å²) < 4.78 is 0. The molecule has 44 heavy (non-hydrogen) atoms. The molecule has 4 aromatic carbocycles. The van der Waals surface area contributed by atoms with E-state index in [9.17, 15) is 19.2 Å². The van der Waals surface area contributed by atoms with Crippen molar-refractivity contribution < 1.29 is 19.2 Å². The molecule has 4 aromatic rings. The van der Waals surface area contributed by atoms with Crippen LogP contribution in [0.15, 0.2) is 66.7 Å². The average molecular weight is 587 g/mol. The summed E-state index contributed by atoms with van der Waals surface area (Å²) >= 11 is 0. The fraction of sp³-hybridized carbons (Fsp3) is 0.316. The van der Waals surface area contributed by atoms with Crippen LogP contribution in [0.3, 0.4) is 0 Å². The molecular weight excluding hydrogens is 548 g/mol. The van der Waals surface area contributed by atoms with Gasteiger partial charge in [-0.25, -0.2) is 9.80 Å². The normalized spacial score (nSPS) is 15.5. The Morgan fingerprint density at radius 2 is 0.818 bits per heavy atom. The molecule has 0 radical (unpaired) electrons. The maximum absolute atomic E-state index is 14.3. The second-order valence-corrected chi connectivity index (χ2v) is 15.0. The number of benzene rings is 4. The zero-order valence-corrected chi connectivity index (χ0v) is 26.9. The quantitative estimate of drug-likeness (QED) is 0.221. The molecule has 0 aliphatic carbocycles. The van der Waals surface area contributed by atoms with Crippen LogP contribution >= 0.6 is 0 Å². The van der Waals surface area contributed by atoms with Crippen LogP contribution in [0, 0.1) is 0 Å². The SMILES string of the molecule is CC(C)(C)c1ccc(N2C(=O)c3ccc4c5c(ccc(c35)C2=O)C(=O)N(c2cc(C(C)(C)C)ccc2C(C)(C)C)C4=O)cc1. The van der Waals surface area contributed by atoms with Crippen LogP contribution in [0.4, 0.5) is 11.4 Å². The summed E-state index contributed by atoms with van der Waals surface area (Å²) in [6.07, 6.45) is 0. The Bertz CT molecular complexity index is 1860. The first-order valence-corrected chi connectivity index (χ1v) is 15.0. The molecule has 0 saturated heterocycles. The lowest BCUT2D eigenvalue weighted by Gasteiger charge is -2.35. The van der Waals surface area contributed by atoms with Crippen LogP contribution in [0.25, 0.3) is 10.8 Å². The molecule has 0 spiro atoms. The number of anilines is 2.